The molecule has 0 aliphatic heterocycles. The number of rotatable bonds is 8. The van der Waals surface area contributed by atoms with Crippen LogP contribution < -0.4 is 4.74 Å². The molecule has 0 atom stereocenters. The molecule has 0 spiro atoms. The SMILES string of the molecule is O=C(O)c1ccc(CCCc2cc3c(cc2OCc2ccccc2)CCCC3)cc1. The summed E-state index contributed by atoms with van der Waals surface area (Å²) in [4.78, 5) is 11.0. The molecule has 1 aliphatic rings. The normalized spacial score (nSPS) is 12.9. The standard InChI is InChI=1S/C27H28O3/c28-27(29)22-15-13-20(14-16-22)9-6-12-25-17-23-10-4-5-11-24(23)18-26(25)30-19-21-7-2-1-3-8-21/h1-3,7-8,13-18H,4-6,9-12,19H2,(H,28,29). The number of carboxylic acid groups (broad SMARTS) is 1. The Morgan fingerprint density at radius 3 is 2.23 bits per heavy atom. The van der Waals surface area contributed by atoms with Crippen LogP contribution in [0.3, 0.4) is 0 Å². The molecule has 0 bridgehead atoms. The molecule has 4 rings (SSSR count). The highest BCUT2D eigenvalue weighted by Crippen LogP contribution is 2.31. The lowest BCUT2D eigenvalue weighted by Gasteiger charge is -2.20. The van der Waals surface area contributed by atoms with E-state index in [4.69, 9.17) is 9.84 Å². The first kappa shape index (κ1) is 20.2. The van der Waals surface area contributed by atoms with Crippen molar-refractivity contribution in [3.63, 3.8) is 0 Å². The van der Waals surface area contributed by atoms with Gasteiger partial charge in [-0.25, -0.2) is 4.79 Å². The summed E-state index contributed by atoms with van der Waals surface area (Å²) < 4.78 is 6.27. The van der Waals surface area contributed by atoms with Crippen molar-refractivity contribution in [3.8, 4) is 5.75 Å². The van der Waals surface area contributed by atoms with Gasteiger partial charge in [0.15, 0.2) is 0 Å². The summed E-state index contributed by atoms with van der Waals surface area (Å²) in [6.45, 7) is 0.587. The van der Waals surface area contributed by atoms with Crippen molar-refractivity contribution in [2.75, 3.05) is 0 Å². The van der Waals surface area contributed by atoms with E-state index in [1.54, 1.807) is 12.1 Å². The van der Waals surface area contributed by atoms with Gasteiger partial charge in [-0.15, -0.1) is 0 Å². The van der Waals surface area contributed by atoms with Crippen LogP contribution in [0.4, 0.5) is 0 Å². The van der Waals surface area contributed by atoms with Crippen molar-refractivity contribution in [3.05, 3.63) is 100 Å². The molecule has 0 aromatic heterocycles. The second kappa shape index (κ2) is 9.62. The van der Waals surface area contributed by atoms with Gasteiger partial charge >= 0.3 is 5.97 Å². The van der Waals surface area contributed by atoms with Gasteiger partial charge in [0.2, 0.25) is 0 Å². The monoisotopic (exact) mass is 400 g/mol. The number of hydrogen-bond acceptors (Lipinski definition) is 2. The second-order valence-corrected chi connectivity index (χ2v) is 8.07. The largest absolute Gasteiger partial charge is 0.489 e. The highest BCUT2D eigenvalue weighted by atomic mass is 16.5. The molecule has 3 aromatic rings. The minimum Gasteiger partial charge on any atom is -0.489 e. The molecule has 30 heavy (non-hydrogen) atoms. The quantitative estimate of drug-likeness (QED) is 0.503. The Morgan fingerprint density at radius 2 is 1.53 bits per heavy atom. The second-order valence-electron chi connectivity index (χ2n) is 8.07. The first-order valence-corrected chi connectivity index (χ1v) is 10.8. The van der Waals surface area contributed by atoms with Crippen LogP contribution in [-0.2, 0) is 32.3 Å². The maximum atomic E-state index is 11.0. The number of hydrogen-bond donors (Lipinski definition) is 1. The van der Waals surface area contributed by atoms with Crippen LogP contribution >= 0.6 is 0 Å². The molecule has 154 valence electrons. The molecule has 3 aromatic carbocycles. The van der Waals surface area contributed by atoms with Gasteiger partial charge < -0.3 is 9.84 Å². The van der Waals surface area contributed by atoms with Crippen LogP contribution in [0.5, 0.6) is 5.75 Å². The van der Waals surface area contributed by atoms with E-state index in [0.717, 1.165) is 37.9 Å². The first-order valence-electron chi connectivity index (χ1n) is 10.8. The van der Waals surface area contributed by atoms with Crippen molar-refractivity contribution >= 4 is 5.97 Å². The number of aromatic carboxylic acids is 1. The van der Waals surface area contributed by atoms with Crippen LogP contribution in [0, 0.1) is 0 Å². The summed E-state index contributed by atoms with van der Waals surface area (Å²) >= 11 is 0. The van der Waals surface area contributed by atoms with Crippen molar-refractivity contribution in [2.24, 2.45) is 0 Å². The maximum absolute atomic E-state index is 11.0. The molecule has 0 saturated heterocycles. The lowest BCUT2D eigenvalue weighted by atomic mass is 9.89. The highest BCUT2D eigenvalue weighted by molar-refractivity contribution is 5.87. The van der Waals surface area contributed by atoms with E-state index in [-0.39, 0.29) is 0 Å². The lowest BCUT2D eigenvalue weighted by Crippen LogP contribution is -2.07. The van der Waals surface area contributed by atoms with E-state index in [1.165, 1.54) is 40.7 Å². The highest BCUT2D eigenvalue weighted by Gasteiger charge is 2.14. The van der Waals surface area contributed by atoms with Gasteiger partial charge in [0.25, 0.3) is 0 Å². The predicted molar refractivity (Wildman–Crippen MR) is 119 cm³/mol. The Bertz CT molecular complexity index is 991. The number of ether oxygens (including phenoxy) is 1. The zero-order chi connectivity index (χ0) is 20.8. The third-order valence-electron chi connectivity index (χ3n) is 5.87. The molecule has 1 aliphatic carbocycles. The molecule has 0 heterocycles. The molecule has 3 heteroatoms. The summed E-state index contributed by atoms with van der Waals surface area (Å²) in [6, 6.07) is 22.2. The Balaban J connectivity index is 1.45. The molecule has 0 radical (unpaired) electrons. The molecule has 0 fully saturated rings. The fourth-order valence-corrected chi connectivity index (χ4v) is 4.18. The fourth-order valence-electron chi connectivity index (χ4n) is 4.18. The number of carbonyl (C=O) groups is 1. The number of aryl methyl sites for hydroxylation is 4. The molecule has 1 N–H and O–H groups in total. The van der Waals surface area contributed by atoms with E-state index >= 15 is 0 Å². The van der Waals surface area contributed by atoms with Gasteiger partial charge in [-0.05, 0) is 91.0 Å². The van der Waals surface area contributed by atoms with E-state index in [9.17, 15) is 4.79 Å². The van der Waals surface area contributed by atoms with Crippen LogP contribution in [0.25, 0.3) is 0 Å². The minimum atomic E-state index is -0.879. The zero-order valence-electron chi connectivity index (χ0n) is 17.3. The molecule has 0 saturated carbocycles. The topological polar surface area (TPSA) is 46.5 Å². The summed E-state index contributed by atoms with van der Waals surface area (Å²) in [5, 5.41) is 9.05. The molecular formula is C27H28O3. The molecule has 0 amide bonds. The van der Waals surface area contributed by atoms with Crippen molar-refractivity contribution in [1.82, 2.24) is 0 Å². The van der Waals surface area contributed by atoms with Crippen LogP contribution in [0.1, 0.15) is 57.4 Å². The third kappa shape index (κ3) is 5.10. The van der Waals surface area contributed by atoms with Crippen LogP contribution in [0.15, 0.2) is 66.7 Å². The van der Waals surface area contributed by atoms with Crippen molar-refractivity contribution in [2.45, 2.75) is 51.6 Å². The van der Waals surface area contributed by atoms with Gasteiger partial charge in [-0.1, -0.05) is 48.5 Å². The lowest BCUT2D eigenvalue weighted by molar-refractivity contribution is 0.0697. The fraction of sp³-hybridized carbons (Fsp3) is 0.296. The first-order chi connectivity index (χ1) is 14.7. The van der Waals surface area contributed by atoms with Gasteiger partial charge in [-0.3, -0.25) is 0 Å². The van der Waals surface area contributed by atoms with Crippen molar-refractivity contribution < 1.29 is 14.6 Å². The van der Waals surface area contributed by atoms with E-state index in [2.05, 4.69) is 24.3 Å². The third-order valence-corrected chi connectivity index (χ3v) is 5.87. The Labute approximate surface area is 178 Å². The van der Waals surface area contributed by atoms with Crippen molar-refractivity contribution in [1.29, 1.82) is 0 Å². The van der Waals surface area contributed by atoms with E-state index in [0.29, 0.717) is 12.2 Å². The van der Waals surface area contributed by atoms with Gasteiger partial charge in [0, 0.05) is 0 Å². The molecule has 0 unspecified atom stereocenters. The Kier molecular flexibility index (Phi) is 6.48. The molecule has 3 nitrogen and oxygen atoms in total. The number of carboxylic acids is 1. The average Bonchev–Trinajstić information content (AvgIpc) is 2.78. The number of fused-ring (bicyclic) bond motifs is 1. The predicted octanol–water partition coefficient (Wildman–Crippen LogP) is 6.02. The number of benzene rings is 3. The van der Waals surface area contributed by atoms with E-state index < -0.39 is 5.97 Å². The summed E-state index contributed by atoms with van der Waals surface area (Å²) in [5.74, 6) is 0.136. The summed E-state index contributed by atoms with van der Waals surface area (Å²) in [5.41, 5.74) is 6.90. The Hall–Kier alpha value is -3.07. The zero-order valence-corrected chi connectivity index (χ0v) is 17.3. The molecular weight excluding hydrogens is 372 g/mol. The average molecular weight is 401 g/mol. The van der Waals surface area contributed by atoms with Crippen LogP contribution in [-0.4, -0.2) is 11.1 Å². The Morgan fingerprint density at radius 1 is 0.833 bits per heavy atom. The van der Waals surface area contributed by atoms with Gasteiger partial charge in [0.1, 0.15) is 12.4 Å². The van der Waals surface area contributed by atoms with Gasteiger partial charge in [-0.2, -0.15) is 0 Å². The smallest absolute Gasteiger partial charge is 0.335 e. The van der Waals surface area contributed by atoms with Gasteiger partial charge in [0.05, 0.1) is 5.56 Å². The minimum absolute atomic E-state index is 0.338. The summed E-state index contributed by atoms with van der Waals surface area (Å²) in [7, 11) is 0. The maximum Gasteiger partial charge on any atom is 0.335 e. The summed E-state index contributed by atoms with van der Waals surface area (Å²) in [6.07, 6.45) is 7.73. The van der Waals surface area contributed by atoms with Crippen LogP contribution in [0.2, 0.25) is 0 Å². The van der Waals surface area contributed by atoms with E-state index in [1.807, 2.05) is 30.3 Å².